The molecule has 1 amide bonds. The van der Waals surface area contributed by atoms with Gasteiger partial charge >= 0.3 is 0 Å². The highest BCUT2D eigenvalue weighted by Crippen LogP contribution is 2.17. The van der Waals surface area contributed by atoms with Gasteiger partial charge in [-0.3, -0.25) is 4.79 Å². The molecule has 0 aliphatic rings. The van der Waals surface area contributed by atoms with Crippen molar-refractivity contribution in [3.8, 4) is 0 Å². The van der Waals surface area contributed by atoms with Crippen LogP contribution in [-0.4, -0.2) is 18.0 Å². The van der Waals surface area contributed by atoms with Gasteiger partial charge in [-0.2, -0.15) is 0 Å². The minimum absolute atomic E-state index is 0.0855. The zero-order valence-electron chi connectivity index (χ0n) is 11.5. The molecule has 1 unspecified atom stereocenters. The normalized spacial score (nSPS) is 14.3. The van der Waals surface area contributed by atoms with Crippen LogP contribution in [0.4, 0.5) is 8.78 Å². The first kappa shape index (κ1) is 15.6. The number of hydrogen-bond acceptors (Lipinski definition) is 2. The van der Waals surface area contributed by atoms with Crippen LogP contribution in [0.15, 0.2) is 18.2 Å². The number of benzene rings is 1. The van der Waals surface area contributed by atoms with Gasteiger partial charge in [0.25, 0.3) is 5.91 Å². The molecule has 0 radical (unpaired) electrons. The summed E-state index contributed by atoms with van der Waals surface area (Å²) in [7, 11) is 0. The average molecular weight is 270 g/mol. The summed E-state index contributed by atoms with van der Waals surface area (Å²) >= 11 is 0. The first-order valence-electron chi connectivity index (χ1n) is 6.25. The molecule has 1 atom stereocenters. The van der Waals surface area contributed by atoms with E-state index in [1.807, 2.05) is 20.8 Å². The van der Waals surface area contributed by atoms with E-state index in [0.717, 1.165) is 12.1 Å². The van der Waals surface area contributed by atoms with E-state index >= 15 is 0 Å². The van der Waals surface area contributed by atoms with Crippen LogP contribution in [0.25, 0.3) is 0 Å². The highest BCUT2D eigenvalue weighted by atomic mass is 19.2. The fraction of sp³-hybridized carbons (Fsp3) is 0.500. The summed E-state index contributed by atoms with van der Waals surface area (Å²) in [6.07, 6.45) is 0.707. The van der Waals surface area contributed by atoms with Crippen LogP contribution in [0.1, 0.15) is 37.6 Å². The number of carbonyl (C=O) groups is 1. The second-order valence-electron chi connectivity index (χ2n) is 5.45. The molecule has 5 heteroatoms. The van der Waals surface area contributed by atoms with Gasteiger partial charge in [0.05, 0.1) is 0 Å². The molecule has 0 fully saturated rings. The van der Waals surface area contributed by atoms with E-state index in [9.17, 15) is 13.6 Å². The summed E-state index contributed by atoms with van der Waals surface area (Å²) in [6.45, 7) is 6.17. The second-order valence-corrected chi connectivity index (χ2v) is 5.45. The molecule has 0 bridgehead atoms. The maximum absolute atomic E-state index is 13.1. The molecule has 3 N–H and O–H groups in total. The van der Waals surface area contributed by atoms with Gasteiger partial charge in [0.2, 0.25) is 0 Å². The molecular weight excluding hydrogens is 250 g/mol. The van der Waals surface area contributed by atoms with Crippen molar-refractivity contribution in [2.24, 2.45) is 11.7 Å². The van der Waals surface area contributed by atoms with Gasteiger partial charge in [0, 0.05) is 17.6 Å². The van der Waals surface area contributed by atoms with Gasteiger partial charge in [-0.15, -0.1) is 0 Å². The fourth-order valence-electron chi connectivity index (χ4n) is 2.07. The second kappa shape index (κ2) is 6.10. The van der Waals surface area contributed by atoms with E-state index < -0.39 is 23.1 Å². The Morgan fingerprint density at radius 1 is 1.37 bits per heavy atom. The Hall–Kier alpha value is -1.49. The Kier molecular flexibility index (Phi) is 5.00. The number of hydrogen-bond donors (Lipinski definition) is 2. The maximum atomic E-state index is 13.1. The fourth-order valence-corrected chi connectivity index (χ4v) is 2.07. The molecule has 19 heavy (non-hydrogen) atoms. The van der Waals surface area contributed by atoms with Gasteiger partial charge < -0.3 is 11.1 Å². The van der Waals surface area contributed by atoms with Gasteiger partial charge in [-0.05, 0) is 37.5 Å². The van der Waals surface area contributed by atoms with Crippen LogP contribution in [-0.2, 0) is 0 Å². The van der Waals surface area contributed by atoms with E-state index in [4.69, 9.17) is 5.73 Å². The van der Waals surface area contributed by atoms with E-state index in [1.165, 1.54) is 6.07 Å². The van der Waals surface area contributed by atoms with Crippen molar-refractivity contribution < 1.29 is 13.6 Å². The number of nitrogens with two attached hydrogens (primary N) is 1. The number of carbonyl (C=O) groups excluding carboxylic acids is 1. The summed E-state index contributed by atoms with van der Waals surface area (Å²) in [5.41, 5.74) is 5.21. The van der Waals surface area contributed by atoms with Crippen LogP contribution < -0.4 is 11.1 Å². The summed E-state index contributed by atoms with van der Waals surface area (Å²) in [6, 6.07) is 3.07. The molecule has 0 spiro atoms. The molecule has 106 valence electrons. The SMILES string of the molecule is CC(C)CC(C)(CN)NC(=O)c1ccc(F)c(F)c1. The third-order valence-electron chi connectivity index (χ3n) is 2.91. The largest absolute Gasteiger partial charge is 0.346 e. The predicted molar refractivity (Wildman–Crippen MR) is 70.7 cm³/mol. The highest BCUT2D eigenvalue weighted by molar-refractivity contribution is 5.94. The Morgan fingerprint density at radius 3 is 2.47 bits per heavy atom. The van der Waals surface area contributed by atoms with Crippen LogP contribution in [0.2, 0.25) is 0 Å². The molecule has 0 aliphatic carbocycles. The first-order chi connectivity index (χ1) is 8.77. The number of rotatable bonds is 5. The van der Waals surface area contributed by atoms with Crippen LogP contribution in [0.3, 0.4) is 0 Å². The van der Waals surface area contributed by atoms with Crippen molar-refractivity contribution in [2.75, 3.05) is 6.54 Å². The Bertz CT molecular complexity index is 463. The van der Waals surface area contributed by atoms with Crippen molar-refractivity contribution in [1.82, 2.24) is 5.32 Å². The quantitative estimate of drug-likeness (QED) is 0.863. The molecule has 0 aliphatic heterocycles. The molecule has 0 saturated heterocycles. The van der Waals surface area contributed by atoms with Crippen LogP contribution >= 0.6 is 0 Å². The maximum Gasteiger partial charge on any atom is 0.251 e. The number of amides is 1. The van der Waals surface area contributed by atoms with Gasteiger partial charge in [0.1, 0.15) is 0 Å². The van der Waals surface area contributed by atoms with Crippen molar-refractivity contribution in [3.63, 3.8) is 0 Å². The minimum Gasteiger partial charge on any atom is -0.346 e. The number of nitrogens with one attached hydrogen (secondary N) is 1. The zero-order chi connectivity index (χ0) is 14.6. The lowest BCUT2D eigenvalue weighted by molar-refractivity contribution is 0.0897. The summed E-state index contributed by atoms with van der Waals surface area (Å²) < 4.78 is 25.9. The minimum atomic E-state index is -1.04. The monoisotopic (exact) mass is 270 g/mol. The molecular formula is C14H20F2N2O. The molecule has 0 saturated carbocycles. The Balaban J connectivity index is 2.85. The van der Waals surface area contributed by atoms with E-state index in [1.54, 1.807) is 0 Å². The number of halogens is 2. The first-order valence-corrected chi connectivity index (χ1v) is 6.25. The summed E-state index contributed by atoms with van der Waals surface area (Å²) in [4.78, 5) is 12.0. The van der Waals surface area contributed by atoms with E-state index in [-0.39, 0.29) is 12.1 Å². The lowest BCUT2D eigenvalue weighted by atomic mass is 9.90. The molecule has 1 aromatic carbocycles. The van der Waals surface area contributed by atoms with Crippen molar-refractivity contribution in [2.45, 2.75) is 32.7 Å². The Morgan fingerprint density at radius 2 is 2.00 bits per heavy atom. The topological polar surface area (TPSA) is 55.1 Å². The molecule has 1 aromatic rings. The van der Waals surface area contributed by atoms with E-state index in [2.05, 4.69) is 5.32 Å². The lowest BCUT2D eigenvalue weighted by Crippen LogP contribution is -2.52. The third kappa shape index (κ3) is 4.28. The van der Waals surface area contributed by atoms with Crippen LogP contribution in [0, 0.1) is 17.6 Å². The van der Waals surface area contributed by atoms with Crippen molar-refractivity contribution in [3.05, 3.63) is 35.4 Å². The van der Waals surface area contributed by atoms with Crippen LogP contribution in [0.5, 0.6) is 0 Å². The highest BCUT2D eigenvalue weighted by Gasteiger charge is 2.26. The molecule has 1 rings (SSSR count). The smallest absolute Gasteiger partial charge is 0.251 e. The standard InChI is InChI=1S/C14H20F2N2O/c1-9(2)7-14(3,8-17)18-13(19)10-4-5-11(15)12(16)6-10/h4-6,9H,7-8,17H2,1-3H3,(H,18,19). The Labute approximate surface area is 112 Å². The molecule has 0 aromatic heterocycles. The third-order valence-corrected chi connectivity index (χ3v) is 2.91. The van der Waals surface area contributed by atoms with E-state index in [0.29, 0.717) is 12.3 Å². The predicted octanol–water partition coefficient (Wildman–Crippen LogP) is 2.46. The molecule has 3 nitrogen and oxygen atoms in total. The summed E-state index contributed by atoms with van der Waals surface area (Å²) in [5, 5.41) is 2.78. The van der Waals surface area contributed by atoms with Gasteiger partial charge in [0.15, 0.2) is 11.6 Å². The van der Waals surface area contributed by atoms with Crippen molar-refractivity contribution in [1.29, 1.82) is 0 Å². The molecule has 0 heterocycles. The van der Waals surface area contributed by atoms with Gasteiger partial charge in [-0.25, -0.2) is 8.78 Å². The lowest BCUT2D eigenvalue weighted by Gasteiger charge is -2.31. The van der Waals surface area contributed by atoms with Gasteiger partial charge in [-0.1, -0.05) is 13.8 Å². The average Bonchev–Trinajstić information content (AvgIpc) is 2.31. The van der Waals surface area contributed by atoms with Crippen molar-refractivity contribution >= 4 is 5.91 Å². The zero-order valence-corrected chi connectivity index (χ0v) is 11.5. The summed E-state index contributed by atoms with van der Waals surface area (Å²) in [5.74, 6) is -2.10.